The highest BCUT2D eigenvalue weighted by molar-refractivity contribution is 5.83. The maximum absolute atomic E-state index is 12.6. The van der Waals surface area contributed by atoms with E-state index in [-0.39, 0.29) is 11.9 Å². The van der Waals surface area contributed by atoms with Crippen LogP contribution in [0.3, 0.4) is 0 Å². The molecule has 1 aromatic carbocycles. The number of rotatable bonds is 7. The molecular formula is C19H26N4O. The Balaban J connectivity index is 1.89. The largest absolute Gasteiger partial charge is 0.368 e. The zero-order valence-corrected chi connectivity index (χ0v) is 14.8. The first-order valence-corrected chi connectivity index (χ1v) is 8.15. The van der Waals surface area contributed by atoms with E-state index in [1.54, 1.807) is 6.20 Å². The third-order valence-corrected chi connectivity index (χ3v) is 3.88. The maximum Gasteiger partial charge on any atom is 0.242 e. The molecule has 0 saturated heterocycles. The van der Waals surface area contributed by atoms with E-state index in [9.17, 15) is 4.79 Å². The van der Waals surface area contributed by atoms with Gasteiger partial charge in [-0.3, -0.25) is 9.69 Å². The van der Waals surface area contributed by atoms with Gasteiger partial charge in [0.25, 0.3) is 0 Å². The second-order valence-corrected chi connectivity index (χ2v) is 6.16. The average Bonchev–Trinajstić information content (AvgIpc) is 2.55. The first-order chi connectivity index (χ1) is 11.5. The summed E-state index contributed by atoms with van der Waals surface area (Å²) in [6.45, 7) is 5.23. The number of nitrogens with one attached hydrogen (secondary N) is 2. The second-order valence-electron chi connectivity index (χ2n) is 6.16. The summed E-state index contributed by atoms with van der Waals surface area (Å²) < 4.78 is 0. The van der Waals surface area contributed by atoms with E-state index in [0.29, 0.717) is 13.1 Å². The molecule has 24 heavy (non-hydrogen) atoms. The van der Waals surface area contributed by atoms with Crippen LogP contribution >= 0.6 is 0 Å². The number of nitrogens with zero attached hydrogens (tertiary/aromatic N) is 2. The van der Waals surface area contributed by atoms with E-state index in [1.807, 2.05) is 69.2 Å². The highest BCUT2D eigenvalue weighted by atomic mass is 16.2. The molecule has 2 rings (SSSR count). The number of aromatic nitrogens is 1. The quantitative estimate of drug-likeness (QED) is 0.768. The number of hydrogen-bond donors (Lipinski definition) is 2. The molecule has 0 saturated carbocycles. The Morgan fingerprint density at radius 2 is 1.83 bits per heavy atom. The topological polar surface area (TPSA) is 57.3 Å². The number of hydrogen-bond acceptors (Lipinski definition) is 4. The van der Waals surface area contributed by atoms with Crippen molar-refractivity contribution >= 4 is 11.7 Å². The number of carbonyl (C=O) groups is 1. The Labute approximate surface area is 144 Å². The van der Waals surface area contributed by atoms with Gasteiger partial charge in [-0.05, 0) is 45.1 Å². The number of anilines is 1. The van der Waals surface area contributed by atoms with Crippen LogP contribution in [0.5, 0.6) is 0 Å². The minimum atomic E-state index is -0.290. The Hall–Kier alpha value is -2.40. The fourth-order valence-corrected chi connectivity index (χ4v) is 2.57. The van der Waals surface area contributed by atoms with E-state index in [4.69, 9.17) is 0 Å². The fourth-order valence-electron chi connectivity index (χ4n) is 2.57. The lowest BCUT2D eigenvalue weighted by atomic mass is 10.0. The Kier molecular flexibility index (Phi) is 6.32. The van der Waals surface area contributed by atoms with Gasteiger partial charge in [0, 0.05) is 19.3 Å². The zero-order chi connectivity index (χ0) is 17.5. The highest BCUT2D eigenvalue weighted by Crippen LogP contribution is 2.18. The Bertz CT molecular complexity index is 667. The van der Waals surface area contributed by atoms with E-state index in [2.05, 4.69) is 15.6 Å². The van der Waals surface area contributed by atoms with Crippen LogP contribution in [0.15, 0.2) is 42.6 Å². The van der Waals surface area contributed by atoms with Crippen molar-refractivity contribution in [3.8, 4) is 0 Å². The van der Waals surface area contributed by atoms with Gasteiger partial charge in [-0.25, -0.2) is 4.98 Å². The molecule has 0 fully saturated rings. The summed E-state index contributed by atoms with van der Waals surface area (Å²) in [4.78, 5) is 18.8. The molecule has 1 heterocycles. The molecule has 0 unspecified atom stereocenters. The van der Waals surface area contributed by atoms with Crippen molar-refractivity contribution < 1.29 is 4.79 Å². The molecule has 0 spiro atoms. The number of aryl methyl sites for hydroxylation is 2. The lowest BCUT2D eigenvalue weighted by Crippen LogP contribution is -2.39. The predicted octanol–water partition coefficient (Wildman–Crippen LogP) is 2.53. The van der Waals surface area contributed by atoms with Crippen molar-refractivity contribution in [2.24, 2.45) is 0 Å². The van der Waals surface area contributed by atoms with Crippen molar-refractivity contribution in [1.82, 2.24) is 15.2 Å². The first-order valence-electron chi connectivity index (χ1n) is 8.15. The van der Waals surface area contributed by atoms with Gasteiger partial charge in [0.2, 0.25) is 5.91 Å². The van der Waals surface area contributed by atoms with E-state index in [1.165, 1.54) is 5.56 Å². The van der Waals surface area contributed by atoms with Gasteiger partial charge in [0.05, 0.1) is 0 Å². The summed E-state index contributed by atoms with van der Waals surface area (Å²) >= 11 is 0. The molecule has 5 heteroatoms. The first kappa shape index (κ1) is 17.9. The van der Waals surface area contributed by atoms with Gasteiger partial charge < -0.3 is 10.6 Å². The van der Waals surface area contributed by atoms with Crippen molar-refractivity contribution in [3.63, 3.8) is 0 Å². The minimum absolute atomic E-state index is 0.00314. The van der Waals surface area contributed by atoms with Crippen molar-refractivity contribution in [3.05, 3.63) is 59.3 Å². The molecule has 0 radical (unpaired) electrons. The monoisotopic (exact) mass is 326 g/mol. The molecule has 0 aliphatic heterocycles. The molecule has 1 atom stereocenters. The third kappa shape index (κ3) is 4.80. The Morgan fingerprint density at radius 3 is 2.46 bits per heavy atom. The predicted molar refractivity (Wildman–Crippen MR) is 98.1 cm³/mol. The summed E-state index contributed by atoms with van der Waals surface area (Å²) in [5.41, 5.74) is 3.28. The average molecular weight is 326 g/mol. The van der Waals surface area contributed by atoms with Crippen molar-refractivity contribution in [2.45, 2.75) is 19.9 Å². The van der Waals surface area contributed by atoms with Gasteiger partial charge in [0.1, 0.15) is 11.9 Å². The molecular weight excluding hydrogens is 300 g/mol. The normalized spacial score (nSPS) is 12.0. The number of carbonyl (C=O) groups excluding carboxylic acids is 1. The molecule has 1 aromatic heterocycles. The van der Waals surface area contributed by atoms with E-state index < -0.39 is 0 Å². The zero-order valence-electron chi connectivity index (χ0n) is 14.8. The van der Waals surface area contributed by atoms with Crippen LogP contribution < -0.4 is 10.6 Å². The molecule has 0 aliphatic carbocycles. The molecule has 0 bridgehead atoms. The van der Waals surface area contributed by atoms with Gasteiger partial charge >= 0.3 is 0 Å². The second kappa shape index (κ2) is 8.45. The van der Waals surface area contributed by atoms with Crippen molar-refractivity contribution in [1.29, 1.82) is 0 Å². The number of pyridine rings is 1. The molecule has 128 valence electrons. The lowest BCUT2D eigenvalue weighted by molar-refractivity contribution is -0.125. The van der Waals surface area contributed by atoms with Crippen LogP contribution in [-0.2, 0) is 4.79 Å². The SMILES string of the molecule is Cc1ccc([C@@H](C(=O)NCCNc2ncccc2C)N(C)C)cc1. The van der Waals surface area contributed by atoms with Crippen LogP contribution in [0.4, 0.5) is 5.82 Å². The molecule has 0 aliphatic rings. The van der Waals surface area contributed by atoms with Crippen LogP contribution in [0.1, 0.15) is 22.7 Å². The standard InChI is InChI=1S/C19H26N4O/c1-14-7-9-16(10-8-14)17(23(3)4)19(24)22-13-12-21-18-15(2)6-5-11-20-18/h5-11,17H,12-13H2,1-4H3,(H,20,21)(H,22,24)/t17-/m0/s1. The lowest BCUT2D eigenvalue weighted by Gasteiger charge is -2.24. The van der Waals surface area contributed by atoms with Crippen LogP contribution in [0, 0.1) is 13.8 Å². The van der Waals surface area contributed by atoms with Gasteiger partial charge in [-0.15, -0.1) is 0 Å². The summed E-state index contributed by atoms with van der Waals surface area (Å²) in [6.07, 6.45) is 1.76. The van der Waals surface area contributed by atoms with E-state index >= 15 is 0 Å². The number of amides is 1. The van der Waals surface area contributed by atoms with E-state index in [0.717, 1.165) is 16.9 Å². The van der Waals surface area contributed by atoms with Crippen molar-refractivity contribution in [2.75, 3.05) is 32.5 Å². The number of likely N-dealkylation sites (N-methyl/N-ethyl adjacent to an activating group) is 1. The molecule has 2 aromatic rings. The highest BCUT2D eigenvalue weighted by Gasteiger charge is 2.22. The third-order valence-electron chi connectivity index (χ3n) is 3.88. The molecule has 2 N–H and O–H groups in total. The van der Waals surface area contributed by atoms with Crippen LogP contribution in [0.25, 0.3) is 0 Å². The van der Waals surface area contributed by atoms with Gasteiger partial charge in [-0.2, -0.15) is 0 Å². The number of benzene rings is 1. The molecule has 1 amide bonds. The van der Waals surface area contributed by atoms with Crippen LogP contribution in [-0.4, -0.2) is 43.0 Å². The van der Waals surface area contributed by atoms with Gasteiger partial charge in [0.15, 0.2) is 0 Å². The summed E-state index contributed by atoms with van der Waals surface area (Å²) in [5, 5.41) is 6.24. The Morgan fingerprint density at radius 1 is 1.12 bits per heavy atom. The van der Waals surface area contributed by atoms with Gasteiger partial charge in [-0.1, -0.05) is 35.9 Å². The summed E-state index contributed by atoms with van der Waals surface area (Å²) in [7, 11) is 3.83. The summed E-state index contributed by atoms with van der Waals surface area (Å²) in [6, 6.07) is 11.7. The fraction of sp³-hybridized carbons (Fsp3) is 0.368. The smallest absolute Gasteiger partial charge is 0.242 e. The van der Waals surface area contributed by atoms with Crippen LogP contribution in [0.2, 0.25) is 0 Å². The summed E-state index contributed by atoms with van der Waals surface area (Å²) in [5.74, 6) is 0.859. The maximum atomic E-state index is 12.6. The molecule has 5 nitrogen and oxygen atoms in total. The minimum Gasteiger partial charge on any atom is -0.368 e.